The number of H-pyrrole nitrogens is 1. The van der Waals surface area contributed by atoms with E-state index in [-0.39, 0.29) is 111 Å². The lowest BCUT2D eigenvalue weighted by Gasteiger charge is -2.39. The fourth-order valence-electron chi connectivity index (χ4n) is 12.2. The third kappa shape index (κ3) is 13.5. The zero-order chi connectivity index (χ0) is 62.6. The van der Waals surface area contributed by atoms with E-state index in [2.05, 4.69) is 38.1 Å². The number of piperidine rings is 2. The van der Waals surface area contributed by atoms with E-state index in [1.54, 1.807) is 23.1 Å². The Bertz CT molecular complexity index is 3670. The van der Waals surface area contributed by atoms with Crippen molar-refractivity contribution < 1.29 is 71.1 Å². The Morgan fingerprint density at radius 3 is 2.10 bits per heavy atom. The number of nitrogens with one attached hydrogen (secondary N) is 5. The van der Waals surface area contributed by atoms with Crippen LogP contribution in [0.3, 0.4) is 0 Å². The van der Waals surface area contributed by atoms with E-state index >= 15 is 4.79 Å². The smallest absolute Gasteiger partial charge is 0.370 e. The lowest BCUT2D eigenvalue weighted by molar-refractivity contribution is -0.146. The van der Waals surface area contributed by atoms with Crippen LogP contribution in [-0.4, -0.2) is 150 Å². The molecule has 0 bridgehead atoms. The fourth-order valence-corrected chi connectivity index (χ4v) is 12.7. The SMILES string of the molecule is NC(=O)CC[C@H](NC(=O)[C@@H]1CC[C@@H]2CCN(C(=O)CCC(=O)N3CCC(C#Cc4cccc5c4CN(C4CCC(=O)NC4=O)C5=O)CC3)C[C@H](NC(=O)c3cc4cc(C(F)(F)P(=O)(O)O)ccc4[nH]3)C(=O)N21)C(=O)NC(c1ccccc1)c1ccccc1. The Kier molecular flexibility index (Phi) is 18.4. The summed E-state index contributed by atoms with van der Waals surface area (Å²) in [4.78, 5) is 163. The van der Waals surface area contributed by atoms with E-state index in [1.807, 2.05) is 60.7 Å². The number of alkyl halides is 2. The molecule has 5 aromatic rings. The first-order valence-electron chi connectivity index (χ1n) is 29.1. The number of fused-ring (bicyclic) bond motifs is 3. The Labute approximate surface area is 503 Å². The van der Waals surface area contributed by atoms with Gasteiger partial charge < -0.3 is 56.1 Å². The highest BCUT2D eigenvalue weighted by atomic mass is 31.2. The molecule has 1 unspecified atom stereocenters. The number of halogens is 2. The maximum absolute atomic E-state index is 15.1. The average molecular weight is 1230 g/mol. The minimum Gasteiger partial charge on any atom is -0.370 e. The van der Waals surface area contributed by atoms with E-state index in [4.69, 9.17) is 5.73 Å². The van der Waals surface area contributed by atoms with Crippen molar-refractivity contribution >= 4 is 77.6 Å². The summed E-state index contributed by atoms with van der Waals surface area (Å²) < 4.78 is 41.3. The Morgan fingerprint density at radius 2 is 1.44 bits per heavy atom. The van der Waals surface area contributed by atoms with Crippen LogP contribution in [0.5, 0.6) is 0 Å². The van der Waals surface area contributed by atoms with Crippen LogP contribution >= 0.6 is 7.60 Å². The van der Waals surface area contributed by atoms with Gasteiger partial charge in [-0.25, -0.2) is 0 Å². The minimum atomic E-state index is -5.96. The molecule has 6 heterocycles. The second-order valence-electron chi connectivity index (χ2n) is 22.7. The number of rotatable bonds is 17. The van der Waals surface area contributed by atoms with Crippen LogP contribution in [0.25, 0.3) is 10.9 Å². The number of nitrogens with zero attached hydrogens (tertiary/aromatic N) is 4. The van der Waals surface area contributed by atoms with Crippen molar-refractivity contribution in [2.75, 3.05) is 26.2 Å². The molecule has 9 N–H and O–H groups in total. The highest BCUT2D eigenvalue weighted by Crippen LogP contribution is 2.59. The van der Waals surface area contributed by atoms with Crippen molar-refractivity contribution in [2.24, 2.45) is 11.7 Å². The molecule has 88 heavy (non-hydrogen) atoms. The van der Waals surface area contributed by atoms with Gasteiger partial charge in [0.15, 0.2) is 0 Å². The number of carbonyl (C=O) groups is 10. The van der Waals surface area contributed by atoms with Gasteiger partial charge in [0.25, 0.3) is 11.8 Å². The van der Waals surface area contributed by atoms with E-state index in [9.17, 15) is 66.3 Å². The molecule has 10 amide bonds. The first kappa shape index (κ1) is 62.0. The van der Waals surface area contributed by atoms with Gasteiger partial charge in [-0.3, -0.25) is 57.8 Å². The van der Waals surface area contributed by atoms with Gasteiger partial charge in [-0.2, -0.15) is 8.78 Å². The fraction of sp³-hybridized carbons (Fsp3) is 0.387. The third-order valence-electron chi connectivity index (χ3n) is 17.0. The van der Waals surface area contributed by atoms with E-state index in [0.717, 1.165) is 35.4 Å². The number of carbonyl (C=O) groups excluding carboxylic acids is 10. The maximum atomic E-state index is 15.1. The zero-order valence-corrected chi connectivity index (χ0v) is 48.5. The van der Waals surface area contributed by atoms with Gasteiger partial charge in [-0.05, 0) is 92.0 Å². The number of primary amides is 1. The molecule has 4 fully saturated rings. The summed E-state index contributed by atoms with van der Waals surface area (Å²) in [6.07, 6.45) is 0.994. The molecule has 5 atom stereocenters. The molecule has 4 saturated heterocycles. The predicted octanol–water partition coefficient (Wildman–Crippen LogP) is 3.57. The minimum absolute atomic E-state index is 0.0208. The molecule has 23 nitrogen and oxygen atoms in total. The molecule has 0 aliphatic carbocycles. The van der Waals surface area contributed by atoms with Gasteiger partial charge in [0.05, 0.1) is 6.04 Å². The van der Waals surface area contributed by atoms with Crippen LogP contribution in [0.2, 0.25) is 0 Å². The number of hydrogen-bond donors (Lipinski definition) is 8. The molecule has 26 heteroatoms. The summed E-state index contributed by atoms with van der Waals surface area (Å²) in [5.74, 6) is 0.576. The maximum Gasteiger partial charge on any atom is 0.399 e. The third-order valence-corrected chi connectivity index (χ3v) is 18.0. The molecular formula is C62H65F2N10O13P. The predicted molar refractivity (Wildman–Crippen MR) is 311 cm³/mol. The Morgan fingerprint density at radius 1 is 0.773 bits per heavy atom. The first-order valence-corrected chi connectivity index (χ1v) is 30.7. The quantitative estimate of drug-likeness (QED) is 0.0376. The molecule has 0 radical (unpaired) electrons. The van der Waals surface area contributed by atoms with Crippen molar-refractivity contribution in [3.8, 4) is 11.8 Å². The lowest BCUT2D eigenvalue weighted by atomic mass is 9.96. The number of hydrogen-bond acceptors (Lipinski definition) is 11. The number of aromatic amines is 1. The van der Waals surface area contributed by atoms with E-state index < -0.39 is 103 Å². The van der Waals surface area contributed by atoms with Crippen LogP contribution in [-0.2, 0) is 55.1 Å². The molecule has 0 saturated carbocycles. The normalized spacial score (nSPS) is 20.3. The Hall–Kier alpha value is -9.11. The molecule has 0 spiro atoms. The van der Waals surface area contributed by atoms with Gasteiger partial charge >= 0.3 is 13.3 Å². The number of nitrogens with two attached hydrogens (primary N) is 1. The number of aromatic nitrogens is 1. The Balaban J connectivity index is 0.822. The number of benzene rings is 4. The van der Waals surface area contributed by atoms with Gasteiger partial charge in [-0.1, -0.05) is 84.6 Å². The summed E-state index contributed by atoms with van der Waals surface area (Å²) in [6, 6.07) is 21.0. The monoisotopic (exact) mass is 1230 g/mol. The standard InChI is InChI=1S/C62H65F2N10O13P/c63-62(64,88(85,86)87)41-16-18-45-40(32-41)33-47(66-45)57(80)68-48-35-72(54(78)25-24-53(77)71-29-26-36(27-30-71)14-15-37-12-7-13-43-44(37)34-73(60(43)83)49-21-23-52(76)69-58(49)81)31-28-42-17-20-50(74(42)61(48)84)59(82)67-46(19-22-51(65)75)56(79)70-55(38-8-3-1-4-9-38)39-10-5-2-6-11-39/h1-13,16,18,32-33,36,42,46,48-50,55,66H,17,19-31,34-35H2,(H2,65,75)(H,67,82)(H,68,80)(H,70,79)(H,69,76,81)(H2,85,86,87)/t42-,46+,48+,49?,50+/m1/s1. The number of amides is 10. The van der Waals surface area contributed by atoms with Gasteiger partial charge in [0.1, 0.15) is 29.9 Å². The summed E-state index contributed by atoms with van der Waals surface area (Å²) in [6.45, 7) is 0.448. The highest BCUT2D eigenvalue weighted by molar-refractivity contribution is 7.52. The zero-order valence-electron chi connectivity index (χ0n) is 47.6. The van der Waals surface area contributed by atoms with E-state index in [1.165, 1.54) is 14.7 Å². The second kappa shape index (κ2) is 26.1. The topological polar surface area (TPSA) is 331 Å². The molecule has 5 aliphatic rings. The molecule has 10 rings (SSSR count). The van der Waals surface area contributed by atoms with Crippen molar-refractivity contribution in [3.05, 3.63) is 142 Å². The molecule has 1 aromatic heterocycles. The lowest BCUT2D eigenvalue weighted by Crippen LogP contribution is -2.62. The molecule has 5 aliphatic heterocycles. The molecule has 460 valence electrons. The van der Waals surface area contributed by atoms with Crippen LogP contribution < -0.4 is 27.0 Å². The molecular weight excluding hydrogens is 1160 g/mol. The average Bonchev–Trinajstić information content (AvgIpc) is 2.10. The first-order chi connectivity index (χ1) is 42.0. The van der Waals surface area contributed by atoms with Crippen molar-refractivity contribution in [2.45, 2.75) is 119 Å². The van der Waals surface area contributed by atoms with Crippen molar-refractivity contribution in [1.29, 1.82) is 0 Å². The van der Waals surface area contributed by atoms with Gasteiger partial charge in [0.2, 0.25) is 47.3 Å². The van der Waals surface area contributed by atoms with Gasteiger partial charge in [0, 0.05) is 98.0 Å². The van der Waals surface area contributed by atoms with Gasteiger partial charge in [-0.15, -0.1) is 0 Å². The van der Waals surface area contributed by atoms with Crippen LogP contribution in [0, 0.1) is 17.8 Å². The van der Waals surface area contributed by atoms with Crippen molar-refractivity contribution in [1.82, 2.24) is 45.9 Å². The van der Waals surface area contributed by atoms with Crippen LogP contribution in [0.4, 0.5) is 8.78 Å². The number of imide groups is 1. The summed E-state index contributed by atoms with van der Waals surface area (Å²) >= 11 is 0. The summed E-state index contributed by atoms with van der Waals surface area (Å²) in [5, 5.41) is 10.7. The van der Waals surface area contributed by atoms with E-state index in [0.29, 0.717) is 42.6 Å². The summed E-state index contributed by atoms with van der Waals surface area (Å²) in [7, 11) is -5.96. The highest BCUT2D eigenvalue weighted by Gasteiger charge is 2.51. The number of likely N-dealkylation sites (tertiary alicyclic amines) is 1. The van der Waals surface area contributed by atoms with Crippen LogP contribution in [0.15, 0.2) is 103 Å². The largest absolute Gasteiger partial charge is 0.399 e. The second-order valence-corrected chi connectivity index (χ2v) is 24.4. The summed E-state index contributed by atoms with van der Waals surface area (Å²) in [5.41, 5.74) is 3.07. The van der Waals surface area contributed by atoms with Crippen molar-refractivity contribution in [3.63, 3.8) is 0 Å². The van der Waals surface area contributed by atoms with Crippen LogP contribution in [0.1, 0.15) is 125 Å². The molecule has 4 aromatic carbocycles.